The van der Waals surface area contributed by atoms with Crippen LogP contribution < -0.4 is 74.2 Å². The van der Waals surface area contributed by atoms with Gasteiger partial charge in [-0.05, 0) is 32.1 Å². The minimum absolute atomic E-state index is 0. The van der Waals surface area contributed by atoms with Gasteiger partial charge in [-0.2, -0.15) is 0 Å². The topological polar surface area (TPSA) is 102 Å². The fourth-order valence-corrected chi connectivity index (χ4v) is 3.11. The fourth-order valence-electron chi connectivity index (χ4n) is 2.79. The number of phosphoric ester groups is 1. The van der Waals surface area contributed by atoms with Crippen LogP contribution in [0.1, 0.15) is 96.8 Å². The van der Waals surface area contributed by atoms with Crippen molar-refractivity contribution in [2.45, 2.75) is 96.8 Å². The van der Waals surface area contributed by atoms with Gasteiger partial charge in [0.2, 0.25) is 5.91 Å². The Balaban J connectivity index is -0.00000338. The van der Waals surface area contributed by atoms with Crippen LogP contribution in [-0.4, -0.2) is 19.1 Å². The van der Waals surface area contributed by atoms with Gasteiger partial charge in [-0.3, -0.25) is 4.79 Å². The van der Waals surface area contributed by atoms with Crippen molar-refractivity contribution in [1.82, 2.24) is 5.32 Å². The Morgan fingerprint density at radius 1 is 0.862 bits per heavy atom. The molecule has 0 heterocycles. The smallest absolute Gasteiger partial charge is 0.790 e. The van der Waals surface area contributed by atoms with Gasteiger partial charge in [-0.15, -0.1) is 0 Å². The molecule has 1 amide bonds. The van der Waals surface area contributed by atoms with Crippen LogP contribution in [0.15, 0.2) is 12.2 Å². The molecule has 0 aromatic carbocycles. The third-order valence-corrected chi connectivity index (χ3v) is 4.84. The van der Waals surface area contributed by atoms with E-state index in [-0.39, 0.29) is 78.2 Å². The molecule has 29 heavy (non-hydrogen) atoms. The molecule has 0 atom stereocenters. The first-order valence-electron chi connectivity index (χ1n) is 10.5. The Morgan fingerprint density at radius 3 is 1.86 bits per heavy atom. The summed E-state index contributed by atoms with van der Waals surface area (Å²) in [4.78, 5) is 32.0. The van der Waals surface area contributed by atoms with E-state index in [4.69, 9.17) is 0 Å². The molecule has 0 saturated heterocycles. The largest absolute Gasteiger partial charge is 1.00 e. The SMILES string of the molecule is CCCCCCCC/C=C\CCCCCCCC(=O)NCCOP(=O)([O-])[O-].[Na+].[Na+]. The molecular weight excluding hydrogens is 411 g/mol. The van der Waals surface area contributed by atoms with Crippen LogP contribution in [0.4, 0.5) is 0 Å². The van der Waals surface area contributed by atoms with Crippen LogP contribution in [0.25, 0.3) is 0 Å². The first kappa shape index (κ1) is 34.9. The van der Waals surface area contributed by atoms with Gasteiger partial charge in [0, 0.05) is 13.0 Å². The molecule has 0 aliphatic carbocycles. The minimum Gasteiger partial charge on any atom is -0.790 e. The van der Waals surface area contributed by atoms with Gasteiger partial charge in [-0.1, -0.05) is 70.4 Å². The third kappa shape index (κ3) is 31.6. The molecule has 0 aliphatic heterocycles. The second kappa shape index (κ2) is 25.6. The molecule has 0 saturated carbocycles. The van der Waals surface area contributed by atoms with Crippen molar-refractivity contribution in [3.63, 3.8) is 0 Å². The summed E-state index contributed by atoms with van der Waals surface area (Å²) in [5.74, 6) is -0.136. The summed E-state index contributed by atoms with van der Waals surface area (Å²) in [5.41, 5.74) is 0. The van der Waals surface area contributed by atoms with Crippen molar-refractivity contribution in [3.8, 4) is 0 Å². The molecular formula is C20H38NNa2O5P. The second-order valence-corrected chi connectivity index (χ2v) is 8.12. The van der Waals surface area contributed by atoms with Crippen molar-refractivity contribution >= 4 is 13.7 Å². The maximum Gasteiger partial charge on any atom is 1.00 e. The van der Waals surface area contributed by atoms with Crippen molar-refractivity contribution in [3.05, 3.63) is 12.2 Å². The molecule has 0 aromatic rings. The van der Waals surface area contributed by atoms with E-state index < -0.39 is 7.82 Å². The van der Waals surface area contributed by atoms with E-state index in [1.165, 1.54) is 57.8 Å². The third-order valence-electron chi connectivity index (χ3n) is 4.34. The molecule has 0 rings (SSSR count). The maximum absolute atomic E-state index is 11.5. The maximum atomic E-state index is 11.5. The molecule has 0 bridgehead atoms. The summed E-state index contributed by atoms with van der Waals surface area (Å²) in [6.45, 7) is 1.98. The number of carbonyl (C=O) groups excluding carboxylic acids is 1. The van der Waals surface area contributed by atoms with Crippen LogP contribution >= 0.6 is 7.82 Å². The summed E-state index contributed by atoms with van der Waals surface area (Å²) in [5, 5.41) is 2.53. The van der Waals surface area contributed by atoms with E-state index in [9.17, 15) is 19.1 Å². The summed E-state index contributed by atoms with van der Waals surface area (Å²) >= 11 is 0. The molecule has 0 aliphatic rings. The zero-order valence-corrected chi connectivity index (χ0v) is 23.9. The van der Waals surface area contributed by atoms with Gasteiger partial charge in [0.1, 0.15) is 0 Å². The van der Waals surface area contributed by atoms with Gasteiger partial charge in [0.25, 0.3) is 0 Å². The number of phosphoric acid groups is 1. The number of unbranched alkanes of at least 4 members (excludes halogenated alkanes) is 11. The summed E-state index contributed by atoms with van der Waals surface area (Å²) in [6, 6.07) is 0. The van der Waals surface area contributed by atoms with Crippen molar-refractivity contribution in [2.24, 2.45) is 0 Å². The van der Waals surface area contributed by atoms with Crippen LogP contribution in [0.5, 0.6) is 0 Å². The van der Waals surface area contributed by atoms with Gasteiger partial charge in [0.15, 0.2) is 0 Å². The van der Waals surface area contributed by atoms with E-state index in [0.717, 1.165) is 25.7 Å². The zero-order chi connectivity index (χ0) is 20.2. The summed E-state index contributed by atoms with van der Waals surface area (Å²) < 4.78 is 14.3. The quantitative estimate of drug-likeness (QED) is 0.106. The van der Waals surface area contributed by atoms with Crippen LogP contribution in [-0.2, 0) is 13.9 Å². The molecule has 0 radical (unpaired) electrons. The number of amides is 1. The van der Waals surface area contributed by atoms with E-state index in [1.807, 2.05) is 0 Å². The predicted molar refractivity (Wildman–Crippen MR) is 106 cm³/mol. The molecule has 0 aromatic heterocycles. The molecule has 6 nitrogen and oxygen atoms in total. The Labute approximate surface area is 222 Å². The van der Waals surface area contributed by atoms with Crippen molar-refractivity contribution < 1.29 is 82.8 Å². The van der Waals surface area contributed by atoms with E-state index in [2.05, 4.69) is 28.9 Å². The normalized spacial score (nSPS) is 11.1. The van der Waals surface area contributed by atoms with Crippen molar-refractivity contribution in [1.29, 1.82) is 0 Å². The fraction of sp³-hybridized carbons (Fsp3) is 0.850. The molecule has 0 spiro atoms. The molecule has 9 heteroatoms. The number of rotatable bonds is 19. The average Bonchev–Trinajstić information content (AvgIpc) is 2.61. The minimum atomic E-state index is -4.94. The van der Waals surface area contributed by atoms with Crippen molar-refractivity contribution in [2.75, 3.05) is 13.2 Å². The number of hydrogen-bond acceptors (Lipinski definition) is 5. The summed E-state index contributed by atoms with van der Waals surface area (Å²) in [7, 11) is -4.94. The Hall–Kier alpha value is 1.32. The monoisotopic (exact) mass is 449 g/mol. The van der Waals surface area contributed by atoms with Gasteiger partial charge >= 0.3 is 59.1 Å². The second-order valence-electron chi connectivity index (χ2n) is 6.96. The van der Waals surface area contributed by atoms with Crippen LogP contribution in [0.3, 0.4) is 0 Å². The molecule has 0 fully saturated rings. The van der Waals surface area contributed by atoms with Gasteiger partial charge in [0.05, 0.1) is 14.4 Å². The van der Waals surface area contributed by atoms with E-state index >= 15 is 0 Å². The first-order valence-corrected chi connectivity index (χ1v) is 12.0. The Morgan fingerprint density at radius 2 is 1.34 bits per heavy atom. The Bertz CT molecular complexity index is 433. The standard InChI is InChI=1S/C20H40NO5P.2Na/c1-2-3-4-5-6-7-8-9-10-11-12-13-14-15-16-17-20(22)21-18-19-26-27(23,24)25;;/h9-10H,2-8,11-19H2,1H3,(H,21,22)(H2,23,24,25);;/q;2*+1/p-2/b10-9-;;. The number of allylic oxidation sites excluding steroid dienone is 2. The number of carbonyl (C=O) groups is 1. The predicted octanol–water partition coefficient (Wildman–Crippen LogP) is -2.01. The average molecular weight is 449 g/mol. The van der Waals surface area contributed by atoms with Crippen LogP contribution in [0, 0.1) is 0 Å². The van der Waals surface area contributed by atoms with Gasteiger partial charge in [-0.25, -0.2) is 0 Å². The molecule has 160 valence electrons. The van der Waals surface area contributed by atoms with Crippen LogP contribution in [0.2, 0.25) is 0 Å². The van der Waals surface area contributed by atoms with E-state index in [0.29, 0.717) is 6.42 Å². The van der Waals surface area contributed by atoms with E-state index in [1.54, 1.807) is 0 Å². The van der Waals surface area contributed by atoms with Gasteiger partial charge < -0.3 is 24.2 Å². The first-order chi connectivity index (χ1) is 13.0. The number of nitrogens with one attached hydrogen (secondary N) is 1. The zero-order valence-electron chi connectivity index (χ0n) is 19.0. The summed E-state index contributed by atoms with van der Waals surface area (Å²) in [6.07, 6.45) is 20.8. The Kier molecular flexibility index (Phi) is 30.8. The molecule has 0 unspecified atom stereocenters. The number of hydrogen-bond donors (Lipinski definition) is 1. The molecule has 1 N–H and O–H groups in total.